The molecule has 1 saturated heterocycles. The summed E-state index contributed by atoms with van der Waals surface area (Å²) in [6.45, 7) is 1.59. The Labute approximate surface area is 186 Å². The van der Waals surface area contributed by atoms with Crippen molar-refractivity contribution in [1.82, 2.24) is 14.7 Å². The Morgan fingerprint density at radius 2 is 1.87 bits per heavy atom. The third-order valence-corrected chi connectivity index (χ3v) is 6.27. The van der Waals surface area contributed by atoms with Crippen molar-refractivity contribution in [2.24, 2.45) is 5.92 Å². The third-order valence-electron chi connectivity index (χ3n) is 5.53. The summed E-state index contributed by atoms with van der Waals surface area (Å²) in [5.74, 6) is -0.330. The molecule has 1 atom stereocenters. The van der Waals surface area contributed by atoms with E-state index in [1.807, 2.05) is 59.6 Å². The van der Waals surface area contributed by atoms with Gasteiger partial charge in [-0.15, -0.1) is 11.8 Å². The van der Waals surface area contributed by atoms with Gasteiger partial charge in [0.05, 0.1) is 18.7 Å². The summed E-state index contributed by atoms with van der Waals surface area (Å²) in [7, 11) is 1.79. The molecule has 4 rings (SSSR count). The lowest BCUT2D eigenvalue weighted by atomic mass is 10.1. The first kappa shape index (κ1) is 21.2. The van der Waals surface area contributed by atoms with Crippen LogP contribution in [-0.2, 0) is 22.7 Å². The average molecular weight is 435 g/mol. The van der Waals surface area contributed by atoms with E-state index < -0.39 is 0 Å². The van der Waals surface area contributed by atoms with Crippen molar-refractivity contribution < 1.29 is 9.59 Å². The fraction of sp³-hybridized carbons (Fsp3) is 0.292. The number of nitrogens with zero attached hydrogens (tertiary/aromatic N) is 4. The van der Waals surface area contributed by atoms with Crippen molar-refractivity contribution in [3.05, 3.63) is 78.1 Å². The van der Waals surface area contributed by atoms with E-state index in [9.17, 15) is 9.59 Å². The predicted octanol–water partition coefficient (Wildman–Crippen LogP) is 3.66. The highest BCUT2D eigenvalue weighted by molar-refractivity contribution is 7.98. The molecule has 1 fully saturated rings. The number of rotatable bonds is 7. The number of aromatic nitrogens is 2. The molecular formula is C24H26N4O2S. The Bertz CT molecular complexity index is 1050. The molecule has 7 heteroatoms. The molecular weight excluding hydrogens is 408 g/mol. The van der Waals surface area contributed by atoms with E-state index in [1.54, 1.807) is 34.8 Å². The molecule has 0 unspecified atom stereocenters. The number of hydrogen-bond donors (Lipinski definition) is 0. The van der Waals surface area contributed by atoms with Crippen LogP contribution in [0.2, 0.25) is 0 Å². The summed E-state index contributed by atoms with van der Waals surface area (Å²) >= 11 is 1.66. The van der Waals surface area contributed by atoms with Crippen LogP contribution in [-0.4, -0.2) is 46.3 Å². The molecule has 6 nitrogen and oxygen atoms in total. The molecule has 160 valence electrons. The zero-order valence-corrected chi connectivity index (χ0v) is 18.6. The molecule has 0 bridgehead atoms. The van der Waals surface area contributed by atoms with Gasteiger partial charge in [-0.3, -0.25) is 14.3 Å². The molecule has 1 aromatic heterocycles. The maximum atomic E-state index is 13.0. The van der Waals surface area contributed by atoms with Crippen molar-refractivity contribution in [3.63, 3.8) is 0 Å². The zero-order valence-electron chi connectivity index (χ0n) is 17.8. The molecule has 2 aromatic carbocycles. The van der Waals surface area contributed by atoms with Gasteiger partial charge in [0.15, 0.2) is 0 Å². The number of carbonyl (C=O) groups excluding carboxylic acids is 2. The van der Waals surface area contributed by atoms with Crippen molar-refractivity contribution in [2.45, 2.75) is 24.4 Å². The topological polar surface area (TPSA) is 58.4 Å². The molecule has 2 amide bonds. The smallest absolute Gasteiger partial charge is 0.228 e. The summed E-state index contributed by atoms with van der Waals surface area (Å²) in [6, 6.07) is 18.0. The van der Waals surface area contributed by atoms with Crippen LogP contribution in [0.25, 0.3) is 0 Å². The number of carbonyl (C=O) groups is 2. The predicted molar refractivity (Wildman–Crippen MR) is 123 cm³/mol. The minimum absolute atomic E-state index is 0.000618. The van der Waals surface area contributed by atoms with E-state index in [0.29, 0.717) is 19.6 Å². The quantitative estimate of drug-likeness (QED) is 0.533. The van der Waals surface area contributed by atoms with Crippen LogP contribution in [0.1, 0.15) is 17.5 Å². The Hall–Kier alpha value is -3.06. The minimum Gasteiger partial charge on any atom is -0.341 e. The lowest BCUT2D eigenvalue weighted by Gasteiger charge is -2.21. The lowest BCUT2D eigenvalue weighted by molar-refractivity contribution is -0.135. The van der Waals surface area contributed by atoms with Gasteiger partial charge < -0.3 is 9.80 Å². The molecule has 0 spiro atoms. The second-order valence-electron chi connectivity index (χ2n) is 7.83. The van der Waals surface area contributed by atoms with Gasteiger partial charge in [0, 0.05) is 48.9 Å². The number of thioether (sulfide) groups is 1. The SMILES string of the molecule is CSc1ccc(N2C[C@@H](C(=O)N(C)Cc3cnn(Cc4ccccc4)c3)CC2=O)cc1. The van der Waals surface area contributed by atoms with Gasteiger partial charge in [0.1, 0.15) is 0 Å². The van der Waals surface area contributed by atoms with E-state index in [-0.39, 0.29) is 24.2 Å². The first-order chi connectivity index (χ1) is 15.0. The Morgan fingerprint density at radius 1 is 1.13 bits per heavy atom. The van der Waals surface area contributed by atoms with E-state index in [1.165, 1.54) is 5.56 Å². The molecule has 0 aliphatic carbocycles. The fourth-order valence-electron chi connectivity index (χ4n) is 3.89. The molecule has 1 aliphatic heterocycles. The fourth-order valence-corrected chi connectivity index (χ4v) is 4.30. The number of anilines is 1. The maximum absolute atomic E-state index is 13.0. The highest BCUT2D eigenvalue weighted by Crippen LogP contribution is 2.28. The molecule has 0 radical (unpaired) electrons. The van der Waals surface area contributed by atoms with Crippen molar-refractivity contribution >= 4 is 29.3 Å². The normalized spacial score (nSPS) is 16.0. The highest BCUT2D eigenvalue weighted by Gasteiger charge is 2.36. The van der Waals surface area contributed by atoms with E-state index in [4.69, 9.17) is 0 Å². The van der Waals surface area contributed by atoms with Crippen molar-refractivity contribution in [2.75, 3.05) is 24.7 Å². The monoisotopic (exact) mass is 434 g/mol. The highest BCUT2D eigenvalue weighted by atomic mass is 32.2. The van der Waals surface area contributed by atoms with Gasteiger partial charge in [-0.25, -0.2) is 0 Å². The van der Waals surface area contributed by atoms with Gasteiger partial charge in [-0.05, 0) is 36.1 Å². The van der Waals surface area contributed by atoms with Gasteiger partial charge in [0.2, 0.25) is 11.8 Å². The minimum atomic E-state index is -0.322. The molecule has 0 N–H and O–H groups in total. The molecule has 31 heavy (non-hydrogen) atoms. The summed E-state index contributed by atoms with van der Waals surface area (Å²) in [5.41, 5.74) is 3.00. The lowest BCUT2D eigenvalue weighted by Crippen LogP contribution is -2.34. The third kappa shape index (κ3) is 4.99. The van der Waals surface area contributed by atoms with E-state index in [2.05, 4.69) is 17.2 Å². The van der Waals surface area contributed by atoms with Crippen LogP contribution in [0.4, 0.5) is 5.69 Å². The van der Waals surface area contributed by atoms with Crippen molar-refractivity contribution in [3.8, 4) is 0 Å². The second kappa shape index (κ2) is 9.39. The first-order valence-electron chi connectivity index (χ1n) is 10.3. The largest absolute Gasteiger partial charge is 0.341 e. The maximum Gasteiger partial charge on any atom is 0.228 e. The summed E-state index contributed by atoms with van der Waals surface area (Å²) in [5, 5.41) is 4.41. The van der Waals surface area contributed by atoms with Crippen LogP contribution in [0.15, 0.2) is 71.9 Å². The van der Waals surface area contributed by atoms with Crippen LogP contribution in [0.5, 0.6) is 0 Å². The zero-order chi connectivity index (χ0) is 21.8. The van der Waals surface area contributed by atoms with E-state index in [0.717, 1.165) is 16.1 Å². The van der Waals surface area contributed by atoms with Gasteiger partial charge >= 0.3 is 0 Å². The van der Waals surface area contributed by atoms with Crippen LogP contribution < -0.4 is 4.90 Å². The summed E-state index contributed by atoms with van der Waals surface area (Å²) in [6.07, 6.45) is 6.04. The number of hydrogen-bond acceptors (Lipinski definition) is 4. The van der Waals surface area contributed by atoms with Crippen LogP contribution in [0, 0.1) is 5.92 Å². The van der Waals surface area contributed by atoms with Gasteiger partial charge in [-0.1, -0.05) is 30.3 Å². The Kier molecular flexibility index (Phi) is 6.42. The van der Waals surface area contributed by atoms with Crippen LogP contribution in [0.3, 0.4) is 0 Å². The first-order valence-corrected chi connectivity index (χ1v) is 11.5. The van der Waals surface area contributed by atoms with Gasteiger partial charge in [-0.2, -0.15) is 5.10 Å². The Morgan fingerprint density at radius 3 is 2.58 bits per heavy atom. The van der Waals surface area contributed by atoms with E-state index >= 15 is 0 Å². The van der Waals surface area contributed by atoms with Crippen LogP contribution >= 0.6 is 11.8 Å². The van der Waals surface area contributed by atoms with Crippen molar-refractivity contribution in [1.29, 1.82) is 0 Å². The van der Waals surface area contributed by atoms with Gasteiger partial charge in [0.25, 0.3) is 0 Å². The molecule has 2 heterocycles. The molecule has 1 aliphatic rings. The average Bonchev–Trinajstić information content (AvgIpc) is 3.40. The molecule has 3 aromatic rings. The Balaban J connectivity index is 1.35. The second-order valence-corrected chi connectivity index (χ2v) is 8.71. The summed E-state index contributed by atoms with van der Waals surface area (Å²) in [4.78, 5) is 30.1. The standard InChI is InChI=1S/C24H26N4O2S/c1-26(14-19-13-25-27(16-19)15-18-6-4-3-5-7-18)24(30)20-12-23(29)28(17-20)21-8-10-22(31-2)11-9-21/h3-11,13,16,20H,12,14-15,17H2,1-2H3/t20-/m0/s1. The number of benzene rings is 2. The summed E-state index contributed by atoms with van der Waals surface area (Å²) < 4.78 is 1.88. The number of amides is 2. The molecule has 0 saturated carbocycles.